The van der Waals surface area contributed by atoms with Crippen molar-refractivity contribution in [1.82, 2.24) is 4.57 Å². The molecule has 0 unspecified atom stereocenters. The first-order valence-electron chi connectivity index (χ1n) is 6.89. The largest absolute Gasteiger partial charge is 1.00 e. The molecule has 0 fully saturated rings. The lowest BCUT2D eigenvalue weighted by Crippen LogP contribution is -3.00. The molecule has 0 aliphatic carbocycles. The van der Waals surface area contributed by atoms with Crippen molar-refractivity contribution < 1.29 is 31.1 Å². The van der Waals surface area contributed by atoms with Crippen molar-refractivity contribution in [3.8, 4) is 0 Å². The number of para-hydroxylation sites is 2. The average Bonchev–Trinajstić information content (AvgIpc) is 2.75. The Morgan fingerprint density at radius 1 is 1.30 bits per heavy atom. The Bertz CT molecular complexity index is 566. The van der Waals surface area contributed by atoms with Gasteiger partial charge in [0, 0.05) is 0 Å². The number of hydrogen-bond donors (Lipinski definition) is 0. The molecule has 1 heterocycles. The van der Waals surface area contributed by atoms with Crippen LogP contribution in [0.5, 0.6) is 0 Å². The summed E-state index contributed by atoms with van der Waals surface area (Å²) in [6.07, 6.45) is 4.31. The van der Waals surface area contributed by atoms with Crippen molar-refractivity contribution in [1.29, 1.82) is 0 Å². The number of halogens is 1. The molecule has 20 heavy (non-hydrogen) atoms. The van der Waals surface area contributed by atoms with Gasteiger partial charge < -0.3 is 21.7 Å². The van der Waals surface area contributed by atoms with Crippen LogP contribution in [0.3, 0.4) is 0 Å². The molecule has 2 rings (SSSR count). The smallest absolute Gasteiger partial charge is 0.348 e. The lowest BCUT2D eigenvalue weighted by molar-refractivity contribution is -0.661. The highest BCUT2D eigenvalue weighted by atomic mass is 79.9. The van der Waals surface area contributed by atoms with Crippen LogP contribution in [-0.4, -0.2) is 17.1 Å². The van der Waals surface area contributed by atoms with Gasteiger partial charge in [-0.3, -0.25) is 0 Å². The van der Waals surface area contributed by atoms with Gasteiger partial charge in [0.1, 0.15) is 0 Å². The van der Waals surface area contributed by atoms with Gasteiger partial charge in [0.25, 0.3) is 0 Å². The van der Waals surface area contributed by atoms with Crippen molar-refractivity contribution >= 4 is 17.0 Å². The fourth-order valence-corrected chi connectivity index (χ4v) is 2.22. The summed E-state index contributed by atoms with van der Waals surface area (Å²) in [5, 5.41) is 0. The molecule has 0 bridgehead atoms. The quantitative estimate of drug-likeness (QED) is 0.514. The van der Waals surface area contributed by atoms with E-state index in [1.165, 1.54) is 5.52 Å². The molecule has 0 saturated carbocycles. The molecule has 0 amide bonds. The Kier molecular flexibility index (Phi) is 6.71. The molecule has 0 aliphatic heterocycles. The summed E-state index contributed by atoms with van der Waals surface area (Å²) in [4.78, 5) is 11.6. The van der Waals surface area contributed by atoms with E-state index >= 15 is 0 Å². The summed E-state index contributed by atoms with van der Waals surface area (Å²) in [6, 6.07) is 8.15. The second kappa shape index (κ2) is 8.04. The van der Waals surface area contributed by atoms with Gasteiger partial charge in [-0.25, -0.2) is 13.9 Å². The summed E-state index contributed by atoms with van der Waals surface area (Å²) < 4.78 is 9.18. The number of nitrogens with zero attached hydrogens (tertiary/aromatic N) is 2. The summed E-state index contributed by atoms with van der Waals surface area (Å²) in [5.74, 6) is -0.189. The molecule has 1 aromatic carbocycles. The number of hydrogen-bond acceptors (Lipinski definition) is 2. The minimum atomic E-state index is -0.189. The number of ether oxygens (including phenoxy) is 1. The number of benzene rings is 1. The molecule has 0 spiro atoms. The Morgan fingerprint density at radius 3 is 2.75 bits per heavy atom. The summed E-state index contributed by atoms with van der Waals surface area (Å²) in [7, 11) is 0. The summed E-state index contributed by atoms with van der Waals surface area (Å²) in [6.45, 7) is 5.68. The minimum absolute atomic E-state index is 0. The summed E-state index contributed by atoms with van der Waals surface area (Å²) in [5.41, 5.74) is 2.24. The third kappa shape index (κ3) is 3.82. The first kappa shape index (κ1) is 16.7. The lowest BCUT2D eigenvalue weighted by atomic mass is 10.3. The standard InChI is InChI=1S/C15H21N2O2.BrH/c1-3-5-10-16-12-17(11-15(18)19-4-2)14-9-7-6-8-13(14)16;/h6-9,12H,3-5,10-11H2,1-2H3;1H/q+1;/p-1. The van der Waals surface area contributed by atoms with Crippen molar-refractivity contribution in [2.24, 2.45) is 0 Å². The summed E-state index contributed by atoms with van der Waals surface area (Å²) >= 11 is 0. The molecule has 5 heteroatoms. The van der Waals surface area contributed by atoms with Gasteiger partial charge in [0.05, 0.1) is 13.2 Å². The first-order chi connectivity index (χ1) is 9.26. The van der Waals surface area contributed by atoms with E-state index in [1.54, 1.807) is 0 Å². The number of carbonyl (C=O) groups is 1. The van der Waals surface area contributed by atoms with E-state index in [1.807, 2.05) is 36.0 Å². The zero-order valence-corrected chi connectivity index (χ0v) is 13.6. The molecule has 0 radical (unpaired) electrons. The van der Waals surface area contributed by atoms with E-state index in [0.29, 0.717) is 6.61 Å². The number of rotatable bonds is 6. The topological polar surface area (TPSA) is 35.1 Å². The molecule has 0 saturated heterocycles. The predicted octanol–water partition coefficient (Wildman–Crippen LogP) is -0.704. The van der Waals surface area contributed by atoms with Crippen molar-refractivity contribution in [3.63, 3.8) is 0 Å². The number of esters is 1. The molecule has 4 nitrogen and oxygen atoms in total. The fraction of sp³-hybridized carbons (Fsp3) is 0.467. The minimum Gasteiger partial charge on any atom is -1.00 e. The molecule has 0 N–H and O–H groups in total. The van der Waals surface area contributed by atoms with Gasteiger partial charge in [-0.05, 0) is 25.5 Å². The number of aryl methyl sites for hydroxylation is 1. The van der Waals surface area contributed by atoms with E-state index in [0.717, 1.165) is 24.9 Å². The Morgan fingerprint density at radius 2 is 2.05 bits per heavy atom. The number of unbranched alkanes of at least 4 members (excludes halogenated alkanes) is 1. The molecule has 110 valence electrons. The molecule has 1 aromatic heterocycles. The third-order valence-corrected chi connectivity index (χ3v) is 3.14. The maximum atomic E-state index is 11.6. The SMILES string of the molecule is CCCCn1c[n+](CC(=O)OCC)c2ccccc21.[Br-]. The van der Waals surface area contributed by atoms with E-state index in [9.17, 15) is 4.79 Å². The van der Waals surface area contributed by atoms with E-state index < -0.39 is 0 Å². The van der Waals surface area contributed by atoms with Crippen molar-refractivity contribution in [3.05, 3.63) is 30.6 Å². The number of imidazole rings is 1. The highest BCUT2D eigenvalue weighted by molar-refractivity contribution is 5.73. The van der Waals surface area contributed by atoms with Gasteiger partial charge in [0.2, 0.25) is 6.33 Å². The zero-order valence-electron chi connectivity index (χ0n) is 12.0. The number of carbonyl (C=O) groups excluding carboxylic acids is 1. The van der Waals surface area contributed by atoms with Crippen LogP contribution in [0, 0.1) is 0 Å². The van der Waals surface area contributed by atoms with Gasteiger partial charge in [-0.2, -0.15) is 0 Å². The van der Waals surface area contributed by atoms with Crippen LogP contribution in [0.1, 0.15) is 26.7 Å². The second-order valence-corrected chi connectivity index (χ2v) is 4.58. The van der Waals surface area contributed by atoms with Crippen molar-refractivity contribution in [2.75, 3.05) is 6.61 Å². The molecule has 0 aliphatic rings. The van der Waals surface area contributed by atoms with Crippen molar-refractivity contribution in [2.45, 2.75) is 39.8 Å². The highest BCUT2D eigenvalue weighted by Crippen LogP contribution is 2.11. The lowest BCUT2D eigenvalue weighted by Gasteiger charge is -1.98. The van der Waals surface area contributed by atoms with Crippen LogP contribution in [0.4, 0.5) is 0 Å². The Hall–Kier alpha value is -1.36. The van der Waals surface area contributed by atoms with Crippen LogP contribution in [-0.2, 0) is 22.6 Å². The van der Waals surface area contributed by atoms with Crippen LogP contribution in [0.25, 0.3) is 11.0 Å². The maximum Gasteiger partial charge on any atom is 0.348 e. The van der Waals surface area contributed by atoms with Gasteiger partial charge in [-0.1, -0.05) is 25.5 Å². The van der Waals surface area contributed by atoms with Gasteiger partial charge >= 0.3 is 5.97 Å². The van der Waals surface area contributed by atoms with Gasteiger partial charge in [0.15, 0.2) is 17.6 Å². The number of fused-ring (bicyclic) bond motifs is 1. The predicted molar refractivity (Wildman–Crippen MR) is 73.7 cm³/mol. The van der Waals surface area contributed by atoms with Crippen LogP contribution < -0.4 is 21.5 Å². The van der Waals surface area contributed by atoms with E-state index in [4.69, 9.17) is 4.74 Å². The average molecular weight is 341 g/mol. The molecular formula is C15H21BrN2O2. The van der Waals surface area contributed by atoms with E-state index in [-0.39, 0.29) is 29.5 Å². The van der Waals surface area contributed by atoms with Crippen LogP contribution >= 0.6 is 0 Å². The Labute approximate surface area is 130 Å². The fourth-order valence-electron chi connectivity index (χ4n) is 2.22. The monoisotopic (exact) mass is 340 g/mol. The molecular weight excluding hydrogens is 320 g/mol. The molecule has 2 aromatic rings. The molecule has 0 atom stereocenters. The maximum absolute atomic E-state index is 11.6. The van der Waals surface area contributed by atoms with Crippen LogP contribution in [0.2, 0.25) is 0 Å². The van der Waals surface area contributed by atoms with Crippen LogP contribution in [0.15, 0.2) is 30.6 Å². The second-order valence-electron chi connectivity index (χ2n) is 4.58. The highest BCUT2D eigenvalue weighted by Gasteiger charge is 2.17. The first-order valence-corrected chi connectivity index (χ1v) is 6.89. The van der Waals surface area contributed by atoms with Gasteiger partial charge in [-0.15, -0.1) is 0 Å². The normalized spacial score (nSPS) is 10.3. The number of aromatic nitrogens is 2. The third-order valence-electron chi connectivity index (χ3n) is 3.14. The van der Waals surface area contributed by atoms with E-state index in [2.05, 4.69) is 17.6 Å². The zero-order chi connectivity index (χ0) is 13.7. The Balaban J connectivity index is 0.00000200.